The number of aryl methyl sites for hydroxylation is 1. The second-order valence-electron chi connectivity index (χ2n) is 5.41. The fraction of sp³-hybridized carbons (Fsp3) is 0.600. The van der Waals surface area contributed by atoms with Crippen LogP contribution in [0.4, 0.5) is 0 Å². The number of benzene rings is 1. The molecule has 94 valence electrons. The fourth-order valence-corrected chi connectivity index (χ4v) is 2.68. The molecule has 2 nitrogen and oxygen atoms in total. The number of rotatable bonds is 4. The van der Waals surface area contributed by atoms with Crippen LogP contribution < -0.4 is 5.73 Å². The average Bonchev–Trinajstić information content (AvgIpc) is 2.80. The van der Waals surface area contributed by atoms with Gasteiger partial charge in [-0.2, -0.15) is 0 Å². The Balaban J connectivity index is 2.00. The topological polar surface area (TPSA) is 35.2 Å². The van der Waals surface area contributed by atoms with Crippen LogP contribution in [0.2, 0.25) is 0 Å². The molecule has 2 atom stereocenters. The smallest absolute Gasteiger partial charge is 0.0576 e. The minimum atomic E-state index is -0.239. The van der Waals surface area contributed by atoms with Crippen molar-refractivity contribution < 1.29 is 4.74 Å². The monoisotopic (exact) mass is 233 g/mol. The van der Waals surface area contributed by atoms with Crippen LogP contribution in [-0.2, 0) is 10.3 Å². The molecule has 0 amide bonds. The van der Waals surface area contributed by atoms with Crippen LogP contribution in [-0.4, -0.2) is 12.7 Å². The van der Waals surface area contributed by atoms with Crippen LogP contribution in [0.1, 0.15) is 43.7 Å². The van der Waals surface area contributed by atoms with E-state index < -0.39 is 0 Å². The van der Waals surface area contributed by atoms with Crippen molar-refractivity contribution in [3.63, 3.8) is 0 Å². The molecular weight excluding hydrogens is 210 g/mol. The molecule has 1 aromatic carbocycles. The van der Waals surface area contributed by atoms with E-state index in [4.69, 9.17) is 10.5 Å². The van der Waals surface area contributed by atoms with Gasteiger partial charge in [-0.3, -0.25) is 0 Å². The molecule has 0 aromatic heterocycles. The van der Waals surface area contributed by atoms with Crippen LogP contribution >= 0.6 is 0 Å². The van der Waals surface area contributed by atoms with Gasteiger partial charge < -0.3 is 10.5 Å². The molecular formula is C15H23NO. The van der Waals surface area contributed by atoms with Gasteiger partial charge in [-0.15, -0.1) is 0 Å². The van der Waals surface area contributed by atoms with Crippen molar-refractivity contribution in [2.75, 3.05) is 6.61 Å². The van der Waals surface area contributed by atoms with E-state index in [9.17, 15) is 0 Å². The predicted octanol–water partition coefficient (Wildman–Crippen LogP) is 3.13. The first-order valence-corrected chi connectivity index (χ1v) is 6.56. The molecule has 0 spiro atoms. The summed E-state index contributed by atoms with van der Waals surface area (Å²) in [5.41, 5.74) is 8.77. The summed E-state index contributed by atoms with van der Waals surface area (Å²) in [4.78, 5) is 0. The predicted molar refractivity (Wildman–Crippen MR) is 70.9 cm³/mol. The van der Waals surface area contributed by atoms with E-state index in [0.717, 1.165) is 19.4 Å². The van der Waals surface area contributed by atoms with Gasteiger partial charge in [0.05, 0.1) is 6.10 Å². The third-order valence-corrected chi connectivity index (χ3v) is 3.77. The number of ether oxygens (including phenoxy) is 1. The maximum atomic E-state index is 6.46. The maximum absolute atomic E-state index is 6.46. The van der Waals surface area contributed by atoms with Crippen LogP contribution in [0, 0.1) is 6.92 Å². The third-order valence-electron chi connectivity index (χ3n) is 3.77. The first kappa shape index (κ1) is 12.6. The van der Waals surface area contributed by atoms with Crippen molar-refractivity contribution in [2.45, 2.75) is 51.2 Å². The van der Waals surface area contributed by atoms with Gasteiger partial charge in [0.1, 0.15) is 0 Å². The highest BCUT2D eigenvalue weighted by Gasteiger charge is 2.25. The Labute approximate surface area is 104 Å². The lowest BCUT2D eigenvalue weighted by molar-refractivity contribution is 0.0966. The quantitative estimate of drug-likeness (QED) is 0.867. The van der Waals surface area contributed by atoms with Crippen molar-refractivity contribution in [3.05, 3.63) is 35.4 Å². The molecule has 1 aromatic rings. The normalized spacial score (nSPS) is 23.6. The van der Waals surface area contributed by atoms with E-state index in [0.29, 0.717) is 6.10 Å². The van der Waals surface area contributed by atoms with E-state index in [2.05, 4.69) is 38.1 Å². The van der Waals surface area contributed by atoms with E-state index in [1.807, 2.05) is 0 Å². The Morgan fingerprint density at radius 3 is 2.82 bits per heavy atom. The molecule has 2 unspecified atom stereocenters. The lowest BCUT2D eigenvalue weighted by Crippen LogP contribution is -2.34. The van der Waals surface area contributed by atoms with E-state index in [1.54, 1.807) is 0 Å². The molecule has 1 heterocycles. The van der Waals surface area contributed by atoms with Crippen molar-refractivity contribution in [1.29, 1.82) is 0 Å². The second-order valence-corrected chi connectivity index (χ2v) is 5.41. The molecule has 0 aliphatic carbocycles. The molecule has 1 aliphatic rings. The highest BCUT2D eigenvalue weighted by Crippen LogP contribution is 2.28. The van der Waals surface area contributed by atoms with Gasteiger partial charge >= 0.3 is 0 Å². The largest absolute Gasteiger partial charge is 0.378 e. The highest BCUT2D eigenvalue weighted by molar-refractivity contribution is 5.31. The van der Waals surface area contributed by atoms with Crippen molar-refractivity contribution in [3.8, 4) is 0 Å². The molecule has 0 radical (unpaired) electrons. The summed E-state index contributed by atoms with van der Waals surface area (Å²) >= 11 is 0. The molecule has 2 rings (SSSR count). The second kappa shape index (κ2) is 5.19. The Bertz CT molecular complexity index is 367. The molecule has 1 fully saturated rings. The van der Waals surface area contributed by atoms with Crippen LogP contribution in [0.3, 0.4) is 0 Å². The van der Waals surface area contributed by atoms with Crippen molar-refractivity contribution in [1.82, 2.24) is 0 Å². The lowest BCUT2D eigenvalue weighted by Gasteiger charge is -2.28. The van der Waals surface area contributed by atoms with Crippen LogP contribution in [0.5, 0.6) is 0 Å². The third kappa shape index (κ3) is 3.08. The van der Waals surface area contributed by atoms with Gasteiger partial charge in [0.2, 0.25) is 0 Å². The van der Waals surface area contributed by atoms with Crippen molar-refractivity contribution >= 4 is 0 Å². The zero-order valence-corrected chi connectivity index (χ0v) is 10.9. The number of hydrogen-bond donors (Lipinski definition) is 1. The van der Waals surface area contributed by atoms with Gasteiger partial charge in [-0.25, -0.2) is 0 Å². The summed E-state index contributed by atoms with van der Waals surface area (Å²) in [6.45, 7) is 5.19. The van der Waals surface area contributed by atoms with Gasteiger partial charge in [-0.1, -0.05) is 24.3 Å². The lowest BCUT2D eigenvalue weighted by atomic mass is 9.84. The summed E-state index contributed by atoms with van der Waals surface area (Å²) in [6.07, 6.45) is 4.89. The summed E-state index contributed by atoms with van der Waals surface area (Å²) < 4.78 is 5.66. The van der Waals surface area contributed by atoms with Crippen LogP contribution in [0.15, 0.2) is 24.3 Å². The zero-order chi connectivity index (χ0) is 12.3. The molecule has 1 aliphatic heterocycles. The summed E-state index contributed by atoms with van der Waals surface area (Å²) in [7, 11) is 0. The van der Waals surface area contributed by atoms with E-state index in [-0.39, 0.29) is 5.54 Å². The van der Waals surface area contributed by atoms with Crippen LogP contribution in [0.25, 0.3) is 0 Å². The minimum Gasteiger partial charge on any atom is -0.378 e. The standard InChI is InChI=1S/C15H23NO/c1-12-6-3-4-8-14(12)15(2,16)10-9-13-7-5-11-17-13/h3-4,6,8,13H,5,7,9-11,16H2,1-2H3. The summed E-state index contributed by atoms with van der Waals surface area (Å²) in [6, 6.07) is 8.41. The Morgan fingerprint density at radius 1 is 1.41 bits per heavy atom. The van der Waals surface area contributed by atoms with Gasteiger partial charge in [0, 0.05) is 12.1 Å². The molecule has 1 saturated heterocycles. The Morgan fingerprint density at radius 2 is 2.18 bits per heavy atom. The molecule has 0 bridgehead atoms. The molecule has 2 heteroatoms. The average molecular weight is 233 g/mol. The first-order chi connectivity index (χ1) is 8.09. The molecule has 2 N–H and O–H groups in total. The van der Waals surface area contributed by atoms with Gasteiger partial charge in [-0.05, 0) is 50.7 Å². The maximum Gasteiger partial charge on any atom is 0.0576 e. The molecule has 17 heavy (non-hydrogen) atoms. The minimum absolute atomic E-state index is 0.239. The Kier molecular flexibility index (Phi) is 3.85. The number of nitrogens with two attached hydrogens (primary N) is 1. The Hall–Kier alpha value is -0.860. The van der Waals surface area contributed by atoms with Gasteiger partial charge in [0.25, 0.3) is 0 Å². The SMILES string of the molecule is Cc1ccccc1C(C)(N)CCC1CCCO1. The van der Waals surface area contributed by atoms with E-state index >= 15 is 0 Å². The number of hydrogen-bond acceptors (Lipinski definition) is 2. The highest BCUT2D eigenvalue weighted by atomic mass is 16.5. The first-order valence-electron chi connectivity index (χ1n) is 6.56. The summed E-state index contributed by atoms with van der Waals surface area (Å²) in [5, 5.41) is 0. The van der Waals surface area contributed by atoms with Crippen molar-refractivity contribution in [2.24, 2.45) is 5.73 Å². The fourth-order valence-electron chi connectivity index (χ4n) is 2.68. The molecule has 0 saturated carbocycles. The van der Waals surface area contributed by atoms with Gasteiger partial charge in [0.15, 0.2) is 0 Å². The summed E-state index contributed by atoms with van der Waals surface area (Å²) in [5.74, 6) is 0. The van der Waals surface area contributed by atoms with E-state index in [1.165, 1.54) is 24.0 Å². The zero-order valence-electron chi connectivity index (χ0n) is 10.9.